The fraction of sp³-hybridized carbons (Fsp3) is 0.429. The number of nitrogens with zero attached hydrogens (tertiary/aromatic N) is 2. The Morgan fingerprint density at radius 2 is 1.67 bits per heavy atom. The molecule has 4 aliphatic carbocycles. The first-order valence-electron chi connectivity index (χ1n) is 12.7. The number of halogens is 1. The summed E-state index contributed by atoms with van der Waals surface area (Å²) in [5.74, 6) is 1.76. The van der Waals surface area contributed by atoms with E-state index in [9.17, 15) is 9.59 Å². The van der Waals surface area contributed by atoms with Crippen molar-refractivity contribution in [3.63, 3.8) is 0 Å². The van der Waals surface area contributed by atoms with E-state index in [-0.39, 0.29) is 17.2 Å². The van der Waals surface area contributed by atoms with Crippen LogP contribution in [0.25, 0.3) is 10.6 Å². The molecule has 4 fully saturated rings. The number of hydrogen-bond donors (Lipinski definition) is 2. The molecule has 186 valence electrons. The van der Waals surface area contributed by atoms with E-state index in [1.165, 1.54) is 30.6 Å². The van der Waals surface area contributed by atoms with Crippen molar-refractivity contribution in [2.75, 3.05) is 5.32 Å². The zero-order chi connectivity index (χ0) is 24.7. The van der Waals surface area contributed by atoms with Gasteiger partial charge in [0.25, 0.3) is 0 Å². The number of carbonyl (C=O) groups is 2. The Morgan fingerprint density at radius 1 is 0.972 bits per heavy atom. The molecule has 1 heterocycles. The number of hydrogen-bond acceptors (Lipinski definition) is 5. The molecule has 4 saturated carbocycles. The van der Waals surface area contributed by atoms with Crippen LogP contribution in [0.15, 0.2) is 54.6 Å². The fourth-order valence-corrected chi connectivity index (χ4v) is 7.90. The van der Waals surface area contributed by atoms with E-state index >= 15 is 0 Å². The molecule has 6 nitrogen and oxygen atoms in total. The molecule has 3 aromatic rings. The largest absolute Gasteiger partial charge is 0.343 e. The summed E-state index contributed by atoms with van der Waals surface area (Å²) in [4.78, 5) is 27.2. The summed E-state index contributed by atoms with van der Waals surface area (Å²) >= 11 is 7.40. The van der Waals surface area contributed by atoms with Gasteiger partial charge in [-0.25, -0.2) is 0 Å². The molecular formula is C28H29ClN4O2S. The van der Waals surface area contributed by atoms with E-state index in [4.69, 9.17) is 11.6 Å². The van der Waals surface area contributed by atoms with Gasteiger partial charge in [-0.1, -0.05) is 65.4 Å². The SMILES string of the molecule is O=C(Nc1nnc(-c2cccc(Cl)c2)s1)C(Cc1ccccc1)NC(=O)C12CC3CC(CC(C3)C1)C2. The van der Waals surface area contributed by atoms with E-state index < -0.39 is 6.04 Å². The third kappa shape index (κ3) is 4.78. The van der Waals surface area contributed by atoms with E-state index in [0.717, 1.165) is 30.4 Å². The summed E-state index contributed by atoms with van der Waals surface area (Å²) < 4.78 is 0. The van der Waals surface area contributed by atoms with Crippen molar-refractivity contribution in [3.8, 4) is 10.6 Å². The zero-order valence-electron chi connectivity index (χ0n) is 20.0. The van der Waals surface area contributed by atoms with E-state index in [0.29, 0.717) is 39.3 Å². The molecule has 4 aliphatic rings. The third-order valence-electron chi connectivity index (χ3n) is 8.15. The van der Waals surface area contributed by atoms with Crippen molar-refractivity contribution in [2.45, 2.75) is 51.0 Å². The summed E-state index contributed by atoms with van der Waals surface area (Å²) in [5, 5.41) is 16.2. The van der Waals surface area contributed by atoms with Crippen molar-refractivity contribution in [2.24, 2.45) is 23.2 Å². The van der Waals surface area contributed by atoms with Crippen LogP contribution in [0.1, 0.15) is 44.1 Å². The van der Waals surface area contributed by atoms with Gasteiger partial charge in [0.05, 0.1) is 0 Å². The summed E-state index contributed by atoms with van der Waals surface area (Å²) in [6.07, 6.45) is 7.12. The molecule has 0 spiro atoms. The lowest BCUT2D eigenvalue weighted by molar-refractivity contribution is -0.148. The summed E-state index contributed by atoms with van der Waals surface area (Å²) in [7, 11) is 0. The number of amides is 2. The maximum absolute atomic E-state index is 13.7. The van der Waals surface area contributed by atoms with Crippen molar-refractivity contribution >= 4 is 39.9 Å². The smallest absolute Gasteiger partial charge is 0.249 e. The Balaban J connectivity index is 1.20. The first-order chi connectivity index (χ1) is 17.5. The second-order valence-corrected chi connectivity index (χ2v) is 12.2. The van der Waals surface area contributed by atoms with Crippen molar-refractivity contribution < 1.29 is 9.59 Å². The summed E-state index contributed by atoms with van der Waals surface area (Å²) in [5.41, 5.74) is 1.53. The van der Waals surface area contributed by atoms with Gasteiger partial charge >= 0.3 is 0 Å². The van der Waals surface area contributed by atoms with Crippen LogP contribution >= 0.6 is 22.9 Å². The van der Waals surface area contributed by atoms with Crippen LogP contribution in [-0.4, -0.2) is 28.1 Å². The number of nitrogens with one attached hydrogen (secondary N) is 2. The topological polar surface area (TPSA) is 84.0 Å². The molecule has 0 saturated heterocycles. The zero-order valence-corrected chi connectivity index (χ0v) is 21.5. The molecule has 1 aromatic heterocycles. The average molecular weight is 521 g/mol. The molecule has 0 radical (unpaired) electrons. The molecule has 2 aromatic carbocycles. The Hall–Kier alpha value is -2.77. The van der Waals surface area contributed by atoms with Gasteiger partial charge in [-0.3, -0.25) is 14.9 Å². The van der Waals surface area contributed by atoms with Crippen molar-refractivity contribution in [1.82, 2.24) is 15.5 Å². The molecule has 1 unspecified atom stereocenters. The molecular weight excluding hydrogens is 492 g/mol. The summed E-state index contributed by atoms with van der Waals surface area (Å²) in [6.45, 7) is 0. The maximum Gasteiger partial charge on any atom is 0.249 e. The van der Waals surface area contributed by atoms with Crippen LogP contribution in [-0.2, 0) is 16.0 Å². The minimum atomic E-state index is -0.688. The Bertz CT molecular complexity index is 1240. The van der Waals surface area contributed by atoms with E-state index in [1.54, 1.807) is 6.07 Å². The first kappa shape index (κ1) is 23.6. The predicted octanol–water partition coefficient (Wildman–Crippen LogP) is 5.74. The van der Waals surface area contributed by atoms with Crippen LogP contribution in [0.5, 0.6) is 0 Å². The van der Waals surface area contributed by atoms with Crippen LogP contribution < -0.4 is 10.6 Å². The Labute approximate surface area is 219 Å². The number of anilines is 1. The van der Waals surface area contributed by atoms with Gasteiger partial charge in [0, 0.05) is 22.4 Å². The molecule has 2 amide bonds. The minimum Gasteiger partial charge on any atom is -0.343 e. The lowest BCUT2D eigenvalue weighted by Gasteiger charge is -2.55. The van der Waals surface area contributed by atoms with E-state index in [1.807, 2.05) is 48.5 Å². The molecule has 1 atom stereocenters. The Kier molecular flexibility index (Phi) is 6.30. The van der Waals surface area contributed by atoms with Crippen LogP contribution in [0.3, 0.4) is 0 Å². The quantitative estimate of drug-likeness (QED) is 0.416. The van der Waals surface area contributed by atoms with Gasteiger partial charge in [-0.05, 0) is 74.0 Å². The van der Waals surface area contributed by atoms with Gasteiger partial charge in [0.2, 0.25) is 16.9 Å². The lowest BCUT2D eigenvalue weighted by Crippen LogP contribution is -2.57. The van der Waals surface area contributed by atoms with Gasteiger partial charge in [-0.2, -0.15) is 0 Å². The second-order valence-electron chi connectivity index (χ2n) is 10.8. The first-order valence-corrected chi connectivity index (χ1v) is 13.9. The highest BCUT2D eigenvalue weighted by Gasteiger charge is 2.55. The highest BCUT2D eigenvalue weighted by molar-refractivity contribution is 7.18. The second kappa shape index (κ2) is 9.60. The number of benzene rings is 2. The summed E-state index contributed by atoms with van der Waals surface area (Å²) in [6, 6.07) is 16.5. The van der Waals surface area contributed by atoms with E-state index in [2.05, 4.69) is 20.8 Å². The molecule has 4 bridgehead atoms. The lowest BCUT2D eigenvalue weighted by atomic mass is 9.49. The number of rotatable bonds is 7. The highest BCUT2D eigenvalue weighted by Crippen LogP contribution is 2.60. The van der Waals surface area contributed by atoms with Gasteiger partial charge in [0.15, 0.2) is 0 Å². The third-order valence-corrected chi connectivity index (χ3v) is 9.27. The van der Waals surface area contributed by atoms with Crippen molar-refractivity contribution in [1.29, 1.82) is 0 Å². The van der Waals surface area contributed by atoms with Gasteiger partial charge in [-0.15, -0.1) is 10.2 Å². The van der Waals surface area contributed by atoms with Gasteiger partial charge < -0.3 is 5.32 Å². The van der Waals surface area contributed by atoms with Gasteiger partial charge in [0.1, 0.15) is 11.0 Å². The average Bonchev–Trinajstić information content (AvgIpc) is 3.32. The van der Waals surface area contributed by atoms with Crippen LogP contribution in [0.4, 0.5) is 5.13 Å². The molecule has 0 aliphatic heterocycles. The predicted molar refractivity (Wildman–Crippen MR) is 142 cm³/mol. The minimum absolute atomic E-state index is 0.0505. The highest BCUT2D eigenvalue weighted by atomic mass is 35.5. The molecule has 7 rings (SSSR count). The maximum atomic E-state index is 13.7. The number of aromatic nitrogens is 2. The normalized spacial score (nSPS) is 27.0. The molecule has 36 heavy (non-hydrogen) atoms. The van der Waals surface area contributed by atoms with Crippen LogP contribution in [0, 0.1) is 23.2 Å². The van der Waals surface area contributed by atoms with Crippen molar-refractivity contribution in [3.05, 3.63) is 65.2 Å². The van der Waals surface area contributed by atoms with Crippen LogP contribution in [0.2, 0.25) is 5.02 Å². The standard InChI is InChI=1S/C28H29ClN4O2S/c29-22-8-4-7-21(13-22)25-32-33-27(36-25)31-24(34)23(12-17-5-2-1-3-6-17)30-26(35)28-14-18-9-19(15-28)11-20(10-18)16-28/h1-8,13,18-20,23H,9-12,14-16H2,(H,30,35)(H,31,33,34). The molecule has 8 heteroatoms. The molecule has 2 N–H and O–H groups in total. The fourth-order valence-electron chi connectivity index (χ4n) is 6.96. The number of carbonyl (C=O) groups excluding carboxylic acids is 2. The monoisotopic (exact) mass is 520 g/mol. The Morgan fingerprint density at radius 3 is 2.33 bits per heavy atom.